The monoisotopic (exact) mass is 263 g/mol. The molecule has 1 rings (SSSR count). The van der Waals surface area contributed by atoms with Crippen LogP contribution in [0.1, 0.15) is 61.3 Å². The summed E-state index contributed by atoms with van der Waals surface area (Å²) in [6.45, 7) is 20.5. The third-order valence-electron chi connectivity index (χ3n) is 4.49. The SMILES string of the molecule is C=C(C(NC(C)(C)C)C(C)C)C(C)(C)C1CC=CC1. The van der Waals surface area contributed by atoms with Crippen LogP contribution < -0.4 is 5.32 Å². The molecule has 0 aromatic heterocycles. The third-order valence-corrected chi connectivity index (χ3v) is 4.49. The second-order valence-corrected chi connectivity index (χ2v) is 8.00. The zero-order valence-electron chi connectivity index (χ0n) is 14.0. The Bertz CT molecular complexity index is 333. The van der Waals surface area contributed by atoms with E-state index in [4.69, 9.17) is 0 Å². The van der Waals surface area contributed by atoms with Gasteiger partial charge in [-0.2, -0.15) is 0 Å². The molecule has 0 fully saturated rings. The van der Waals surface area contributed by atoms with Gasteiger partial charge in [0.15, 0.2) is 0 Å². The minimum Gasteiger partial charge on any atom is -0.305 e. The number of hydrogen-bond donors (Lipinski definition) is 1. The van der Waals surface area contributed by atoms with Gasteiger partial charge < -0.3 is 5.32 Å². The summed E-state index contributed by atoms with van der Waals surface area (Å²) in [6, 6.07) is 0.385. The Balaban J connectivity index is 2.86. The molecule has 0 aromatic rings. The zero-order chi connectivity index (χ0) is 14.8. The molecule has 0 spiro atoms. The van der Waals surface area contributed by atoms with Crippen LogP contribution in [0, 0.1) is 17.3 Å². The molecule has 110 valence electrons. The van der Waals surface area contributed by atoms with Crippen molar-refractivity contribution in [1.82, 2.24) is 5.32 Å². The van der Waals surface area contributed by atoms with Crippen LogP contribution in [-0.4, -0.2) is 11.6 Å². The first kappa shape index (κ1) is 16.5. The summed E-state index contributed by atoms with van der Waals surface area (Å²) in [7, 11) is 0. The lowest BCUT2D eigenvalue weighted by Gasteiger charge is -2.42. The van der Waals surface area contributed by atoms with E-state index in [1.54, 1.807) is 0 Å². The maximum Gasteiger partial charge on any atom is 0.0309 e. The van der Waals surface area contributed by atoms with E-state index in [1.165, 1.54) is 18.4 Å². The highest BCUT2D eigenvalue weighted by atomic mass is 15.0. The predicted molar refractivity (Wildman–Crippen MR) is 86.3 cm³/mol. The van der Waals surface area contributed by atoms with Crippen molar-refractivity contribution in [2.75, 3.05) is 0 Å². The molecule has 1 atom stereocenters. The minimum atomic E-state index is 0.127. The molecule has 1 heteroatoms. The number of hydrogen-bond acceptors (Lipinski definition) is 1. The molecule has 1 aliphatic carbocycles. The van der Waals surface area contributed by atoms with Gasteiger partial charge in [-0.3, -0.25) is 0 Å². The number of rotatable bonds is 5. The van der Waals surface area contributed by atoms with Crippen molar-refractivity contribution in [2.45, 2.75) is 72.9 Å². The smallest absolute Gasteiger partial charge is 0.0309 e. The highest BCUT2D eigenvalue weighted by molar-refractivity contribution is 5.20. The summed E-state index contributed by atoms with van der Waals surface area (Å²) < 4.78 is 0. The van der Waals surface area contributed by atoms with Gasteiger partial charge in [0.05, 0.1) is 0 Å². The van der Waals surface area contributed by atoms with Gasteiger partial charge in [-0.25, -0.2) is 0 Å². The largest absolute Gasteiger partial charge is 0.305 e. The molecule has 0 aliphatic heterocycles. The molecule has 1 N–H and O–H groups in total. The van der Waals surface area contributed by atoms with Crippen molar-refractivity contribution >= 4 is 0 Å². The average Bonchev–Trinajstić information content (AvgIpc) is 2.77. The molecule has 0 saturated heterocycles. The summed E-state index contributed by atoms with van der Waals surface area (Å²) in [5.74, 6) is 1.28. The maximum absolute atomic E-state index is 4.49. The van der Waals surface area contributed by atoms with Gasteiger partial charge >= 0.3 is 0 Å². The van der Waals surface area contributed by atoms with E-state index >= 15 is 0 Å². The highest BCUT2D eigenvalue weighted by Gasteiger charge is 2.37. The van der Waals surface area contributed by atoms with Gasteiger partial charge in [0, 0.05) is 11.6 Å². The zero-order valence-corrected chi connectivity index (χ0v) is 14.0. The maximum atomic E-state index is 4.49. The van der Waals surface area contributed by atoms with Crippen LogP contribution >= 0.6 is 0 Å². The Labute approximate surface area is 120 Å². The van der Waals surface area contributed by atoms with Gasteiger partial charge in [0.1, 0.15) is 0 Å². The lowest BCUT2D eigenvalue weighted by molar-refractivity contribution is 0.227. The molecule has 1 unspecified atom stereocenters. The normalized spacial score (nSPS) is 19.2. The van der Waals surface area contributed by atoms with Crippen molar-refractivity contribution < 1.29 is 0 Å². The molecule has 0 aromatic carbocycles. The van der Waals surface area contributed by atoms with E-state index in [0.717, 1.165) is 0 Å². The molecule has 0 radical (unpaired) electrons. The Morgan fingerprint density at radius 2 is 1.58 bits per heavy atom. The fraction of sp³-hybridized carbons (Fsp3) is 0.778. The molecule has 0 bridgehead atoms. The lowest BCUT2D eigenvalue weighted by atomic mass is 9.68. The van der Waals surface area contributed by atoms with Crippen LogP contribution in [0.3, 0.4) is 0 Å². The van der Waals surface area contributed by atoms with Crippen LogP contribution in [0.25, 0.3) is 0 Å². The first-order chi connectivity index (χ1) is 8.55. The standard InChI is InChI=1S/C18H33N/c1-13(2)16(19-17(4,5)6)14(3)18(7,8)15-11-9-10-12-15/h9-10,13,15-16,19H,3,11-12H2,1-2,4-8H3. The van der Waals surface area contributed by atoms with E-state index in [0.29, 0.717) is 17.9 Å². The lowest BCUT2D eigenvalue weighted by Crippen LogP contribution is -2.50. The summed E-state index contributed by atoms with van der Waals surface area (Å²) >= 11 is 0. The minimum absolute atomic E-state index is 0.127. The Kier molecular flexibility index (Phi) is 5.06. The van der Waals surface area contributed by atoms with Crippen molar-refractivity contribution in [3.8, 4) is 0 Å². The fourth-order valence-electron chi connectivity index (χ4n) is 2.99. The van der Waals surface area contributed by atoms with Gasteiger partial charge in [0.2, 0.25) is 0 Å². The van der Waals surface area contributed by atoms with Crippen molar-refractivity contribution in [3.05, 3.63) is 24.3 Å². The number of nitrogens with one attached hydrogen (secondary N) is 1. The average molecular weight is 263 g/mol. The fourth-order valence-corrected chi connectivity index (χ4v) is 2.99. The van der Waals surface area contributed by atoms with Crippen LogP contribution in [0.5, 0.6) is 0 Å². The topological polar surface area (TPSA) is 12.0 Å². The van der Waals surface area contributed by atoms with Crippen molar-refractivity contribution in [3.63, 3.8) is 0 Å². The van der Waals surface area contributed by atoms with E-state index in [-0.39, 0.29) is 11.0 Å². The summed E-state index contributed by atoms with van der Waals surface area (Å²) in [6.07, 6.45) is 7.04. The molecule has 0 amide bonds. The highest BCUT2D eigenvalue weighted by Crippen LogP contribution is 2.43. The molecule has 0 heterocycles. The van der Waals surface area contributed by atoms with Gasteiger partial charge in [-0.1, -0.05) is 52.0 Å². The Morgan fingerprint density at radius 3 is 1.95 bits per heavy atom. The van der Waals surface area contributed by atoms with Crippen molar-refractivity contribution in [1.29, 1.82) is 0 Å². The van der Waals surface area contributed by atoms with E-state index in [9.17, 15) is 0 Å². The Morgan fingerprint density at radius 1 is 1.11 bits per heavy atom. The third kappa shape index (κ3) is 4.21. The first-order valence-corrected chi connectivity index (χ1v) is 7.67. The van der Waals surface area contributed by atoms with E-state index in [1.807, 2.05) is 0 Å². The van der Waals surface area contributed by atoms with Crippen LogP contribution in [0.4, 0.5) is 0 Å². The van der Waals surface area contributed by atoms with Crippen LogP contribution in [-0.2, 0) is 0 Å². The summed E-state index contributed by atoms with van der Waals surface area (Å²) in [4.78, 5) is 0. The van der Waals surface area contributed by atoms with E-state index in [2.05, 4.69) is 72.5 Å². The molecule has 0 saturated carbocycles. The molecule has 1 aliphatic rings. The molecular formula is C18H33N. The second-order valence-electron chi connectivity index (χ2n) is 8.00. The summed E-state index contributed by atoms with van der Waals surface area (Å²) in [5.41, 5.74) is 1.68. The predicted octanol–water partition coefficient (Wildman–Crippen LogP) is 4.95. The van der Waals surface area contributed by atoms with Gasteiger partial charge in [-0.05, 0) is 50.9 Å². The van der Waals surface area contributed by atoms with E-state index < -0.39 is 0 Å². The van der Waals surface area contributed by atoms with Gasteiger partial charge in [0.25, 0.3) is 0 Å². The Hall–Kier alpha value is -0.560. The summed E-state index contributed by atoms with van der Waals surface area (Å²) in [5, 5.41) is 3.77. The quantitative estimate of drug-likeness (QED) is 0.692. The van der Waals surface area contributed by atoms with Crippen LogP contribution in [0.15, 0.2) is 24.3 Å². The molecule has 1 nitrogen and oxygen atoms in total. The molecule has 19 heavy (non-hydrogen) atoms. The van der Waals surface area contributed by atoms with Gasteiger partial charge in [-0.15, -0.1) is 0 Å². The second kappa shape index (κ2) is 5.83. The number of allylic oxidation sites excluding steroid dienone is 2. The van der Waals surface area contributed by atoms with Crippen LogP contribution in [0.2, 0.25) is 0 Å². The first-order valence-electron chi connectivity index (χ1n) is 7.67. The van der Waals surface area contributed by atoms with Crippen molar-refractivity contribution in [2.24, 2.45) is 17.3 Å². The molecular weight excluding hydrogens is 230 g/mol.